The quantitative estimate of drug-likeness (QED) is 0.420. The van der Waals surface area contributed by atoms with Crippen LogP contribution < -0.4 is 5.32 Å². The number of carbonyl (C=O) groups is 1. The fourth-order valence-electron chi connectivity index (χ4n) is 3.00. The zero-order valence-electron chi connectivity index (χ0n) is 15.1. The van der Waals surface area contributed by atoms with E-state index >= 15 is 0 Å². The number of carbonyl (C=O) groups excluding carboxylic acids is 1. The van der Waals surface area contributed by atoms with Gasteiger partial charge in [-0.05, 0) is 26.2 Å². The SMILES string of the molecule is CCNC(=NCCCOCC1CCCO1)N1CCN(C(C)=O)CC1. The summed E-state index contributed by atoms with van der Waals surface area (Å²) in [4.78, 5) is 20.2. The molecule has 24 heavy (non-hydrogen) atoms. The lowest BCUT2D eigenvalue weighted by atomic mass is 10.2. The van der Waals surface area contributed by atoms with Gasteiger partial charge >= 0.3 is 0 Å². The van der Waals surface area contributed by atoms with Crippen LogP contribution >= 0.6 is 0 Å². The Labute approximate surface area is 145 Å². The summed E-state index contributed by atoms with van der Waals surface area (Å²) >= 11 is 0. The van der Waals surface area contributed by atoms with E-state index in [0.29, 0.717) is 12.7 Å². The predicted molar refractivity (Wildman–Crippen MR) is 94.2 cm³/mol. The summed E-state index contributed by atoms with van der Waals surface area (Å²) in [6, 6.07) is 0. The number of rotatable bonds is 7. The Hall–Kier alpha value is -1.34. The van der Waals surface area contributed by atoms with E-state index in [1.165, 1.54) is 0 Å². The highest BCUT2D eigenvalue weighted by Gasteiger charge is 2.20. The third-order valence-electron chi connectivity index (χ3n) is 4.40. The third-order valence-corrected chi connectivity index (χ3v) is 4.40. The van der Waals surface area contributed by atoms with Crippen molar-refractivity contribution in [2.24, 2.45) is 4.99 Å². The van der Waals surface area contributed by atoms with Crippen LogP contribution in [0.4, 0.5) is 0 Å². The van der Waals surface area contributed by atoms with Gasteiger partial charge in [0.2, 0.25) is 5.91 Å². The van der Waals surface area contributed by atoms with E-state index in [0.717, 1.165) is 77.7 Å². The highest BCUT2D eigenvalue weighted by atomic mass is 16.5. The van der Waals surface area contributed by atoms with Gasteiger partial charge in [-0.15, -0.1) is 0 Å². The summed E-state index contributed by atoms with van der Waals surface area (Å²) in [7, 11) is 0. The summed E-state index contributed by atoms with van der Waals surface area (Å²) in [5.41, 5.74) is 0. The molecule has 1 amide bonds. The first-order valence-electron chi connectivity index (χ1n) is 9.18. The number of nitrogens with one attached hydrogen (secondary N) is 1. The van der Waals surface area contributed by atoms with Crippen molar-refractivity contribution < 1.29 is 14.3 Å². The first kappa shape index (κ1) is 19.0. The molecule has 0 aromatic rings. The molecule has 7 heteroatoms. The van der Waals surface area contributed by atoms with E-state index in [-0.39, 0.29) is 5.91 Å². The van der Waals surface area contributed by atoms with Gasteiger partial charge in [0.15, 0.2) is 5.96 Å². The molecule has 1 unspecified atom stereocenters. The van der Waals surface area contributed by atoms with Crippen LogP contribution in [0.5, 0.6) is 0 Å². The number of amides is 1. The van der Waals surface area contributed by atoms with Crippen molar-refractivity contribution in [2.45, 2.75) is 39.2 Å². The van der Waals surface area contributed by atoms with Crippen LogP contribution in [0.15, 0.2) is 4.99 Å². The Morgan fingerprint density at radius 3 is 2.67 bits per heavy atom. The maximum atomic E-state index is 11.4. The van der Waals surface area contributed by atoms with Crippen molar-refractivity contribution in [1.82, 2.24) is 15.1 Å². The molecule has 2 fully saturated rings. The van der Waals surface area contributed by atoms with Crippen LogP contribution in [-0.4, -0.2) is 86.9 Å². The van der Waals surface area contributed by atoms with Gasteiger partial charge in [0.1, 0.15) is 0 Å². The fourth-order valence-corrected chi connectivity index (χ4v) is 3.00. The third kappa shape index (κ3) is 6.28. The summed E-state index contributed by atoms with van der Waals surface area (Å²) in [6.07, 6.45) is 3.48. The Morgan fingerprint density at radius 2 is 2.04 bits per heavy atom. The molecule has 0 aliphatic carbocycles. The average molecular weight is 340 g/mol. The molecule has 2 aliphatic rings. The average Bonchev–Trinajstić information content (AvgIpc) is 3.10. The van der Waals surface area contributed by atoms with E-state index in [4.69, 9.17) is 14.5 Å². The zero-order valence-corrected chi connectivity index (χ0v) is 15.1. The van der Waals surface area contributed by atoms with Crippen molar-refractivity contribution in [3.05, 3.63) is 0 Å². The number of ether oxygens (including phenoxy) is 2. The molecule has 7 nitrogen and oxygen atoms in total. The first-order valence-corrected chi connectivity index (χ1v) is 9.18. The van der Waals surface area contributed by atoms with E-state index < -0.39 is 0 Å². The molecule has 2 rings (SSSR count). The number of hydrogen-bond acceptors (Lipinski definition) is 4. The lowest BCUT2D eigenvalue weighted by molar-refractivity contribution is -0.130. The Balaban J connectivity index is 1.65. The molecule has 0 radical (unpaired) electrons. The van der Waals surface area contributed by atoms with E-state index in [2.05, 4.69) is 17.1 Å². The molecule has 1 atom stereocenters. The number of aliphatic imine (C=N–C) groups is 1. The Bertz CT molecular complexity index is 403. The molecular weight excluding hydrogens is 308 g/mol. The van der Waals surface area contributed by atoms with Gasteiger partial charge in [-0.1, -0.05) is 0 Å². The van der Waals surface area contributed by atoms with Gasteiger partial charge in [-0.25, -0.2) is 0 Å². The van der Waals surface area contributed by atoms with Crippen LogP contribution in [-0.2, 0) is 14.3 Å². The second kappa shape index (κ2) is 10.5. The number of hydrogen-bond donors (Lipinski definition) is 1. The highest BCUT2D eigenvalue weighted by molar-refractivity contribution is 5.80. The summed E-state index contributed by atoms with van der Waals surface area (Å²) in [6.45, 7) is 10.8. The summed E-state index contributed by atoms with van der Waals surface area (Å²) in [5, 5.41) is 3.34. The molecule has 1 N–H and O–H groups in total. The van der Waals surface area contributed by atoms with Crippen LogP contribution in [0.25, 0.3) is 0 Å². The first-order chi connectivity index (χ1) is 11.7. The fraction of sp³-hybridized carbons (Fsp3) is 0.882. The van der Waals surface area contributed by atoms with Gasteiger partial charge in [0, 0.05) is 59.4 Å². The Morgan fingerprint density at radius 1 is 1.29 bits per heavy atom. The van der Waals surface area contributed by atoms with E-state index in [9.17, 15) is 4.79 Å². The number of guanidine groups is 1. The van der Waals surface area contributed by atoms with Gasteiger partial charge < -0.3 is 24.6 Å². The molecule has 2 heterocycles. The largest absolute Gasteiger partial charge is 0.379 e. The minimum absolute atomic E-state index is 0.153. The van der Waals surface area contributed by atoms with E-state index in [1.807, 2.05) is 4.90 Å². The van der Waals surface area contributed by atoms with Gasteiger partial charge in [0.05, 0.1) is 12.7 Å². The lowest BCUT2D eigenvalue weighted by Gasteiger charge is -2.36. The van der Waals surface area contributed by atoms with Gasteiger partial charge in [-0.3, -0.25) is 9.79 Å². The Kier molecular flexibility index (Phi) is 8.32. The van der Waals surface area contributed by atoms with Crippen molar-refractivity contribution in [1.29, 1.82) is 0 Å². The van der Waals surface area contributed by atoms with Crippen molar-refractivity contribution in [3.63, 3.8) is 0 Å². The number of piperazine rings is 1. The molecule has 0 spiro atoms. The zero-order chi connectivity index (χ0) is 17.2. The van der Waals surface area contributed by atoms with Crippen molar-refractivity contribution in [2.75, 3.05) is 59.1 Å². The monoisotopic (exact) mass is 340 g/mol. The van der Waals surface area contributed by atoms with Gasteiger partial charge in [-0.2, -0.15) is 0 Å². The molecular formula is C17H32N4O3. The molecule has 2 saturated heterocycles. The smallest absolute Gasteiger partial charge is 0.219 e. The minimum Gasteiger partial charge on any atom is -0.379 e. The number of nitrogens with zero attached hydrogens (tertiary/aromatic N) is 3. The van der Waals surface area contributed by atoms with Crippen molar-refractivity contribution in [3.8, 4) is 0 Å². The normalized spacial score (nSPS) is 22.1. The van der Waals surface area contributed by atoms with Crippen LogP contribution in [0, 0.1) is 0 Å². The molecule has 0 aromatic carbocycles. The molecule has 138 valence electrons. The predicted octanol–water partition coefficient (Wildman–Crippen LogP) is 0.702. The lowest BCUT2D eigenvalue weighted by Crippen LogP contribution is -2.53. The van der Waals surface area contributed by atoms with Crippen LogP contribution in [0.2, 0.25) is 0 Å². The van der Waals surface area contributed by atoms with Crippen LogP contribution in [0.3, 0.4) is 0 Å². The molecule has 0 bridgehead atoms. The van der Waals surface area contributed by atoms with Crippen LogP contribution in [0.1, 0.15) is 33.1 Å². The van der Waals surface area contributed by atoms with Gasteiger partial charge in [0.25, 0.3) is 0 Å². The molecule has 0 aromatic heterocycles. The summed E-state index contributed by atoms with van der Waals surface area (Å²) < 4.78 is 11.2. The van der Waals surface area contributed by atoms with Crippen molar-refractivity contribution >= 4 is 11.9 Å². The van der Waals surface area contributed by atoms with E-state index in [1.54, 1.807) is 6.92 Å². The standard InChI is InChI=1S/C17H32N4O3/c1-3-18-17(21-10-8-20(9-11-21)15(2)22)19-7-5-12-23-14-16-6-4-13-24-16/h16H,3-14H2,1-2H3,(H,18,19). The maximum Gasteiger partial charge on any atom is 0.219 e. The molecule has 0 saturated carbocycles. The maximum absolute atomic E-state index is 11.4. The second-order valence-electron chi connectivity index (χ2n) is 6.29. The molecule has 2 aliphatic heterocycles. The highest BCUT2D eigenvalue weighted by Crippen LogP contribution is 2.11. The topological polar surface area (TPSA) is 66.4 Å². The second-order valence-corrected chi connectivity index (χ2v) is 6.29. The summed E-state index contributed by atoms with van der Waals surface area (Å²) in [5.74, 6) is 1.10. The minimum atomic E-state index is 0.153.